The predicted molar refractivity (Wildman–Crippen MR) is 79.6 cm³/mol. The number of thiophene rings is 1. The molecule has 0 radical (unpaired) electrons. The van der Waals surface area contributed by atoms with Crippen LogP contribution in [0.15, 0.2) is 34.6 Å². The van der Waals surface area contributed by atoms with Gasteiger partial charge in [-0.3, -0.25) is 4.99 Å². The molecule has 94 valence electrons. The number of aliphatic imine (C=N–C) groups is 1. The molecule has 1 N–H and O–H groups in total. The summed E-state index contributed by atoms with van der Waals surface area (Å²) in [4.78, 5) is 4.66. The molecule has 2 heterocycles. The van der Waals surface area contributed by atoms with Crippen LogP contribution in [0.25, 0.3) is 10.1 Å². The first kappa shape index (κ1) is 11.7. The van der Waals surface area contributed by atoms with Crippen molar-refractivity contribution in [2.75, 3.05) is 6.54 Å². The fourth-order valence-corrected chi connectivity index (χ4v) is 3.45. The van der Waals surface area contributed by atoms with Crippen molar-refractivity contribution in [3.8, 4) is 0 Å². The summed E-state index contributed by atoms with van der Waals surface area (Å²) in [5, 5.41) is 6.96. The standard InChI is InChI=1S/C15H18N2S/c1-10(15-16-9-11(2)17-15)8-13-5-3-4-12-6-7-18-14(12)13/h3-7,10-11H,8-9H2,1-2H3,(H,16,17)/t10-,11?/m0/s1. The Morgan fingerprint density at radius 2 is 2.33 bits per heavy atom. The highest BCUT2D eigenvalue weighted by atomic mass is 32.1. The molecule has 0 saturated carbocycles. The molecular formula is C15H18N2S. The molecule has 3 heteroatoms. The molecule has 18 heavy (non-hydrogen) atoms. The Hall–Kier alpha value is -1.35. The Kier molecular flexibility index (Phi) is 3.08. The van der Waals surface area contributed by atoms with Crippen molar-refractivity contribution in [1.82, 2.24) is 5.32 Å². The van der Waals surface area contributed by atoms with Crippen molar-refractivity contribution < 1.29 is 0 Å². The lowest BCUT2D eigenvalue weighted by Gasteiger charge is -2.12. The molecule has 1 unspecified atom stereocenters. The van der Waals surface area contributed by atoms with Crippen LogP contribution in [0.3, 0.4) is 0 Å². The van der Waals surface area contributed by atoms with Gasteiger partial charge in [-0.1, -0.05) is 25.1 Å². The van der Waals surface area contributed by atoms with Gasteiger partial charge in [0.15, 0.2) is 0 Å². The van der Waals surface area contributed by atoms with E-state index in [4.69, 9.17) is 0 Å². The van der Waals surface area contributed by atoms with Crippen LogP contribution in [0.1, 0.15) is 19.4 Å². The summed E-state index contributed by atoms with van der Waals surface area (Å²) < 4.78 is 1.43. The van der Waals surface area contributed by atoms with Gasteiger partial charge < -0.3 is 5.32 Å². The molecule has 0 aliphatic carbocycles. The van der Waals surface area contributed by atoms with Crippen molar-refractivity contribution in [3.05, 3.63) is 35.2 Å². The first-order valence-corrected chi connectivity index (χ1v) is 7.38. The molecule has 1 aromatic carbocycles. The fourth-order valence-electron chi connectivity index (χ4n) is 2.52. The lowest BCUT2D eigenvalue weighted by Crippen LogP contribution is -2.27. The molecule has 0 spiro atoms. The van der Waals surface area contributed by atoms with Crippen molar-refractivity contribution in [3.63, 3.8) is 0 Å². The number of hydrogen-bond donors (Lipinski definition) is 1. The number of benzene rings is 1. The number of amidine groups is 1. The Bertz CT molecular complexity index is 585. The summed E-state index contributed by atoms with van der Waals surface area (Å²) in [6, 6.07) is 9.22. The zero-order valence-corrected chi connectivity index (χ0v) is 11.6. The topological polar surface area (TPSA) is 24.4 Å². The molecule has 2 atom stereocenters. The highest BCUT2D eigenvalue weighted by Gasteiger charge is 2.18. The summed E-state index contributed by atoms with van der Waals surface area (Å²) >= 11 is 1.84. The van der Waals surface area contributed by atoms with Crippen molar-refractivity contribution in [1.29, 1.82) is 0 Å². The summed E-state index contributed by atoms with van der Waals surface area (Å²) in [5.74, 6) is 1.65. The number of nitrogens with zero attached hydrogens (tertiary/aromatic N) is 1. The summed E-state index contributed by atoms with van der Waals surface area (Å²) in [6.45, 7) is 5.41. The van der Waals surface area contributed by atoms with E-state index in [-0.39, 0.29) is 0 Å². The normalized spacial score (nSPS) is 20.8. The molecule has 0 fully saturated rings. The zero-order chi connectivity index (χ0) is 12.5. The molecule has 0 amide bonds. The second-order valence-electron chi connectivity index (χ2n) is 5.11. The van der Waals surface area contributed by atoms with Gasteiger partial charge in [-0.25, -0.2) is 0 Å². The van der Waals surface area contributed by atoms with Gasteiger partial charge in [-0.05, 0) is 35.7 Å². The van der Waals surface area contributed by atoms with Crippen LogP contribution in [0.5, 0.6) is 0 Å². The second-order valence-corrected chi connectivity index (χ2v) is 6.02. The molecule has 2 aromatic rings. The van der Waals surface area contributed by atoms with Crippen LogP contribution in [-0.4, -0.2) is 18.4 Å². The zero-order valence-electron chi connectivity index (χ0n) is 10.8. The minimum Gasteiger partial charge on any atom is -0.371 e. The van der Waals surface area contributed by atoms with E-state index >= 15 is 0 Å². The molecule has 2 nitrogen and oxygen atoms in total. The van der Waals surface area contributed by atoms with Gasteiger partial charge in [0, 0.05) is 17.2 Å². The quantitative estimate of drug-likeness (QED) is 0.895. The van der Waals surface area contributed by atoms with Crippen molar-refractivity contribution >= 4 is 27.3 Å². The Morgan fingerprint density at radius 3 is 3.11 bits per heavy atom. The maximum atomic E-state index is 4.66. The summed E-state index contributed by atoms with van der Waals surface area (Å²) in [6.07, 6.45) is 1.07. The van der Waals surface area contributed by atoms with Crippen LogP contribution in [0, 0.1) is 5.92 Å². The largest absolute Gasteiger partial charge is 0.371 e. The third-order valence-electron chi connectivity index (χ3n) is 3.49. The lowest BCUT2D eigenvalue weighted by molar-refractivity contribution is 0.739. The van der Waals surface area contributed by atoms with E-state index in [9.17, 15) is 0 Å². The number of fused-ring (bicyclic) bond motifs is 1. The Morgan fingerprint density at radius 1 is 1.44 bits per heavy atom. The average Bonchev–Trinajstić information content (AvgIpc) is 2.97. The maximum absolute atomic E-state index is 4.66. The third-order valence-corrected chi connectivity index (χ3v) is 4.50. The predicted octanol–water partition coefficient (Wildman–Crippen LogP) is 3.47. The van der Waals surface area contributed by atoms with Gasteiger partial charge in [0.2, 0.25) is 0 Å². The highest BCUT2D eigenvalue weighted by molar-refractivity contribution is 7.17. The molecule has 3 rings (SSSR count). The average molecular weight is 258 g/mol. The summed E-state index contributed by atoms with van der Waals surface area (Å²) in [7, 11) is 0. The fraction of sp³-hybridized carbons (Fsp3) is 0.400. The van der Waals surface area contributed by atoms with E-state index in [1.54, 1.807) is 0 Å². The van der Waals surface area contributed by atoms with E-state index in [1.807, 2.05) is 11.3 Å². The first-order valence-electron chi connectivity index (χ1n) is 6.50. The molecular weight excluding hydrogens is 240 g/mol. The van der Waals surface area contributed by atoms with Crippen molar-refractivity contribution in [2.45, 2.75) is 26.3 Å². The maximum Gasteiger partial charge on any atom is 0.0999 e. The van der Waals surface area contributed by atoms with E-state index in [0.29, 0.717) is 12.0 Å². The van der Waals surface area contributed by atoms with Crippen LogP contribution >= 0.6 is 11.3 Å². The second kappa shape index (κ2) is 4.73. The molecule has 1 aliphatic rings. The van der Waals surface area contributed by atoms with Crippen molar-refractivity contribution in [2.24, 2.45) is 10.9 Å². The van der Waals surface area contributed by atoms with Crippen LogP contribution in [0.2, 0.25) is 0 Å². The van der Waals surface area contributed by atoms with Gasteiger partial charge in [-0.15, -0.1) is 11.3 Å². The monoisotopic (exact) mass is 258 g/mol. The first-order chi connectivity index (χ1) is 8.74. The minimum atomic E-state index is 0.431. The van der Waals surface area contributed by atoms with E-state index < -0.39 is 0 Å². The van der Waals surface area contributed by atoms with Crippen LogP contribution < -0.4 is 5.32 Å². The van der Waals surface area contributed by atoms with Gasteiger partial charge in [0.1, 0.15) is 0 Å². The van der Waals surface area contributed by atoms with E-state index in [0.717, 1.165) is 13.0 Å². The molecule has 1 aromatic heterocycles. The van der Waals surface area contributed by atoms with Crippen LogP contribution in [-0.2, 0) is 6.42 Å². The van der Waals surface area contributed by atoms with Gasteiger partial charge >= 0.3 is 0 Å². The SMILES string of the molecule is CC1CNC([C@@H](C)Cc2cccc3ccsc23)=N1. The smallest absolute Gasteiger partial charge is 0.0999 e. The molecule has 1 aliphatic heterocycles. The van der Waals surface area contributed by atoms with Gasteiger partial charge in [0.25, 0.3) is 0 Å². The van der Waals surface area contributed by atoms with Crippen LogP contribution in [0.4, 0.5) is 0 Å². The highest BCUT2D eigenvalue weighted by Crippen LogP contribution is 2.27. The Balaban J connectivity index is 1.84. The third kappa shape index (κ3) is 2.15. The van der Waals surface area contributed by atoms with Gasteiger partial charge in [-0.2, -0.15) is 0 Å². The Labute approximate surface area is 112 Å². The number of rotatable bonds is 3. The van der Waals surface area contributed by atoms with E-state index in [2.05, 4.69) is 53.8 Å². The van der Waals surface area contributed by atoms with Gasteiger partial charge in [0.05, 0.1) is 11.9 Å². The molecule has 0 bridgehead atoms. The summed E-state index contributed by atoms with van der Waals surface area (Å²) in [5.41, 5.74) is 1.44. The molecule has 0 saturated heterocycles. The van der Waals surface area contributed by atoms with E-state index in [1.165, 1.54) is 21.5 Å². The number of hydrogen-bond acceptors (Lipinski definition) is 3. The lowest BCUT2D eigenvalue weighted by atomic mass is 9.99. The minimum absolute atomic E-state index is 0.431. The number of nitrogens with one attached hydrogen (secondary N) is 1.